The van der Waals surface area contributed by atoms with Gasteiger partial charge in [0, 0.05) is 13.1 Å². The van der Waals surface area contributed by atoms with Gasteiger partial charge in [0.1, 0.15) is 13.2 Å². The number of rotatable bonds is 6. The van der Waals surface area contributed by atoms with Gasteiger partial charge in [-0.1, -0.05) is 11.8 Å². The molecule has 28 heavy (non-hydrogen) atoms. The van der Waals surface area contributed by atoms with E-state index in [1.165, 1.54) is 0 Å². The van der Waals surface area contributed by atoms with Gasteiger partial charge in [0.25, 0.3) is 0 Å². The normalized spacial score (nSPS) is 25.4. The van der Waals surface area contributed by atoms with E-state index in [1.54, 1.807) is 0 Å². The Morgan fingerprint density at radius 3 is 1.46 bits per heavy atom. The third-order valence-electron chi connectivity index (χ3n) is 4.62. The van der Waals surface area contributed by atoms with Crippen molar-refractivity contribution in [2.24, 2.45) is 0 Å². The standard InChI is InChI=1S/C18H26F6N2O2/c19-17(20,21)13-27-15-5-3-9-25(11-15)7-1-2-8-26-10-4-6-16(12-26)28-14-18(22,23)24/h15-16H,3-14H2. The van der Waals surface area contributed by atoms with E-state index < -0.39 is 37.8 Å². The number of likely N-dealkylation sites (tertiary alicyclic amines) is 2. The van der Waals surface area contributed by atoms with Gasteiger partial charge in [0.05, 0.1) is 25.3 Å². The fraction of sp³-hybridized carbons (Fsp3) is 0.889. The van der Waals surface area contributed by atoms with E-state index in [1.807, 2.05) is 9.80 Å². The van der Waals surface area contributed by atoms with Crippen LogP contribution in [0.15, 0.2) is 0 Å². The van der Waals surface area contributed by atoms with Crippen molar-refractivity contribution in [2.45, 2.75) is 50.2 Å². The minimum absolute atomic E-state index is 0.418. The Morgan fingerprint density at radius 2 is 1.11 bits per heavy atom. The summed E-state index contributed by atoms with van der Waals surface area (Å²) in [4.78, 5) is 3.92. The smallest absolute Gasteiger partial charge is 0.367 e. The lowest BCUT2D eigenvalue weighted by Crippen LogP contribution is -2.41. The summed E-state index contributed by atoms with van der Waals surface area (Å²) in [5, 5.41) is 0. The molecule has 0 spiro atoms. The average molecular weight is 416 g/mol. The van der Waals surface area contributed by atoms with Crippen molar-refractivity contribution in [3.63, 3.8) is 0 Å². The lowest BCUT2D eigenvalue weighted by Gasteiger charge is -2.32. The van der Waals surface area contributed by atoms with Gasteiger partial charge in [-0.25, -0.2) is 0 Å². The molecule has 0 bridgehead atoms. The summed E-state index contributed by atoms with van der Waals surface area (Å²) >= 11 is 0. The van der Waals surface area contributed by atoms with Gasteiger partial charge in [-0.3, -0.25) is 9.80 Å². The second-order valence-electron chi connectivity index (χ2n) is 7.20. The number of nitrogens with zero attached hydrogens (tertiary/aromatic N) is 2. The van der Waals surface area contributed by atoms with E-state index in [2.05, 4.69) is 11.8 Å². The molecule has 0 aromatic carbocycles. The summed E-state index contributed by atoms with van der Waals surface area (Å²) in [6, 6.07) is 0. The molecule has 0 aromatic rings. The van der Waals surface area contributed by atoms with Crippen LogP contribution in [0.2, 0.25) is 0 Å². The minimum atomic E-state index is -4.32. The van der Waals surface area contributed by atoms with E-state index >= 15 is 0 Å². The molecule has 0 aliphatic carbocycles. The van der Waals surface area contributed by atoms with Crippen molar-refractivity contribution in [1.82, 2.24) is 9.80 Å². The molecule has 2 rings (SSSR count). The fourth-order valence-electron chi connectivity index (χ4n) is 3.35. The Morgan fingerprint density at radius 1 is 0.714 bits per heavy atom. The third kappa shape index (κ3) is 9.96. The Kier molecular flexibility index (Phi) is 8.86. The first-order valence-electron chi connectivity index (χ1n) is 9.38. The van der Waals surface area contributed by atoms with Gasteiger partial charge >= 0.3 is 12.4 Å². The number of alkyl halides is 6. The van der Waals surface area contributed by atoms with Crippen LogP contribution in [-0.2, 0) is 9.47 Å². The highest BCUT2D eigenvalue weighted by Gasteiger charge is 2.31. The van der Waals surface area contributed by atoms with E-state index in [9.17, 15) is 26.3 Å². The van der Waals surface area contributed by atoms with Crippen LogP contribution >= 0.6 is 0 Å². The molecule has 2 heterocycles. The molecule has 0 N–H and O–H groups in total. The summed E-state index contributed by atoms with van der Waals surface area (Å²) in [7, 11) is 0. The molecule has 0 saturated carbocycles. The Hall–Kier alpha value is -1.02. The monoisotopic (exact) mass is 416 g/mol. The van der Waals surface area contributed by atoms with E-state index in [0.29, 0.717) is 39.0 Å². The fourth-order valence-corrected chi connectivity index (χ4v) is 3.35. The van der Waals surface area contributed by atoms with Crippen molar-refractivity contribution < 1.29 is 35.8 Å². The highest BCUT2D eigenvalue weighted by atomic mass is 19.4. The molecule has 4 nitrogen and oxygen atoms in total. The molecule has 0 radical (unpaired) electrons. The van der Waals surface area contributed by atoms with Crippen molar-refractivity contribution in [3.8, 4) is 11.8 Å². The Bertz CT molecular complexity index is 485. The van der Waals surface area contributed by atoms with Crippen LogP contribution in [0.5, 0.6) is 0 Å². The largest absolute Gasteiger partial charge is 0.411 e. The van der Waals surface area contributed by atoms with Gasteiger partial charge in [-0.15, -0.1) is 0 Å². The molecule has 162 valence electrons. The van der Waals surface area contributed by atoms with E-state index in [0.717, 1.165) is 25.9 Å². The quantitative estimate of drug-likeness (QED) is 0.491. The number of piperidine rings is 2. The predicted octanol–water partition coefficient (Wildman–Crippen LogP) is 3.08. The third-order valence-corrected chi connectivity index (χ3v) is 4.62. The highest BCUT2D eigenvalue weighted by Crippen LogP contribution is 2.20. The lowest BCUT2D eigenvalue weighted by molar-refractivity contribution is -0.189. The predicted molar refractivity (Wildman–Crippen MR) is 90.7 cm³/mol. The van der Waals surface area contributed by atoms with Crippen LogP contribution in [0.4, 0.5) is 26.3 Å². The zero-order chi connectivity index (χ0) is 20.6. The Labute approximate surface area is 161 Å². The van der Waals surface area contributed by atoms with E-state index in [-0.39, 0.29) is 0 Å². The highest BCUT2D eigenvalue weighted by molar-refractivity contribution is 5.04. The van der Waals surface area contributed by atoms with Crippen molar-refractivity contribution in [1.29, 1.82) is 0 Å². The van der Waals surface area contributed by atoms with Crippen LogP contribution < -0.4 is 0 Å². The van der Waals surface area contributed by atoms with E-state index in [4.69, 9.17) is 9.47 Å². The average Bonchev–Trinajstić information content (AvgIpc) is 2.62. The second-order valence-corrected chi connectivity index (χ2v) is 7.20. The van der Waals surface area contributed by atoms with Crippen LogP contribution in [0, 0.1) is 11.8 Å². The molecule has 0 amide bonds. The van der Waals surface area contributed by atoms with Gasteiger partial charge in [0.2, 0.25) is 0 Å². The second kappa shape index (κ2) is 10.7. The number of hydrogen-bond acceptors (Lipinski definition) is 4. The van der Waals surface area contributed by atoms with Crippen LogP contribution in [-0.4, -0.2) is 86.8 Å². The van der Waals surface area contributed by atoms with Gasteiger partial charge < -0.3 is 9.47 Å². The maximum absolute atomic E-state index is 12.2. The Balaban J connectivity index is 1.66. The van der Waals surface area contributed by atoms with Crippen LogP contribution in [0.1, 0.15) is 25.7 Å². The molecule has 2 saturated heterocycles. The molecule has 2 aliphatic rings. The first-order valence-corrected chi connectivity index (χ1v) is 9.38. The minimum Gasteiger partial charge on any atom is -0.367 e. The molecular weight excluding hydrogens is 390 g/mol. The molecule has 10 heteroatoms. The summed E-state index contributed by atoms with van der Waals surface area (Å²) in [6.45, 7) is 0.772. The maximum atomic E-state index is 12.2. The van der Waals surface area contributed by atoms with Gasteiger partial charge in [-0.2, -0.15) is 26.3 Å². The summed E-state index contributed by atoms with van der Waals surface area (Å²) in [5.74, 6) is 6.00. The van der Waals surface area contributed by atoms with Gasteiger partial charge in [-0.05, 0) is 38.8 Å². The molecular formula is C18H26F6N2O2. The molecule has 2 unspecified atom stereocenters. The van der Waals surface area contributed by atoms with Crippen molar-refractivity contribution in [2.75, 3.05) is 52.5 Å². The number of ether oxygens (including phenoxy) is 2. The van der Waals surface area contributed by atoms with Crippen molar-refractivity contribution >= 4 is 0 Å². The summed E-state index contributed by atoms with van der Waals surface area (Å²) in [6.07, 6.45) is -6.80. The topological polar surface area (TPSA) is 24.9 Å². The molecule has 2 fully saturated rings. The maximum Gasteiger partial charge on any atom is 0.411 e. The first kappa shape index (κ1) is 23.3. The summed E-state index contributed by atoms with van der Waals surface area (Å²) < 4.78 is 83.3. The summed E-state index contributed by atoms with van der Waals surface area (Å²) in [5.41, 5.74) is 0. The SMILES string of the molecule is FC(F)(F)COC1CCCN(CC#CCN2CCCC(OCC(F)(F)F)C2)C1. The molecule has 0 aromatic heterocycles. The molecule has 2 aliphatic heterocycles. The zero-order valence-electron chi connectivity index (χ0n) is 15.6. The first-order chi connectivity index (χ1) is 13.1. The molecule has 2 atom stereocenters. The lowest BCUT2D eigenvalue weighted by atomic mass is 10.1. The van der Waals surface area contributed by atoms with Crippen LogP contribution in [0.25, 0.3) is 0 Å². The van der Waals surface area contributed by atoms with Gasteiger partial charge in [0.15, 0.2) is 0 Å². The zero-order valence-corrected chi connectivity index (χ0v) is 15.6. The number of hydrogen-bond donors (Lipinski definition) is 0. The van der Waals surface area contributed by atoms with Crippen LogP contribution in [0.3, 0.4) is 0 Å². The van der Waals surface area contributed by atoms with Crippen molar-refractivity contribution in [3.05, 3.63) is 0 Å². The number of halogens is 6.